The van der Waals surface area contributed by atoms with E-state index in [1.165, 1.54) is 5.56 Å². The van der Waals surface area contributed by atoms with Crippen molar-refractivity contribution >= 4 is 0 Å². The average Bonchev–Trinajstić information content (AvgIpc) is 2.66. The van der Waals surface area contributed by atoms with E-state index in [9.17, 15) is 0 Å². The molecular formula is C16H26INO2. The molecule has 114 valence electrons. The molecule has 1 heterocycles. The smallest absolute Gasteiger partial charge is 0.109 e. The summed E-state index contributed by atoms with van der Waals surface area (Å²) in [5, 5.41) is 0. The van der Waals surface area contributed by atoms with E-state index in [2.05, 4.69) is 40.2 Å². The number of nitrogens with zero attached hydrogens (tertiary/aromatic N) is 1. The number of hydrogen-bond acceptors (Lipinski definition) is 2. The third-order valence-electron chi connectivity index (χ3n) is 3.48. The van der Waals surface area contributed by atoms with Crippen LogP contribution < -0.4 is 24.0 Å². The van der Waals surface area contributed by atoms with E-state index in [0.717, 1.165) is 17.4 Å². The van der Waals surface area contributed by atoms with Crippen LogP contribution in [0, 0.1) is 0 Å². The standard InChI is InChI=1S/C16H26NO2.HI/c1-13-16(10-15(19-13)11-17(2,3)4)18-12-14-8-6-5-7-9-14;/h5-9,13,15-16H,10-12H2,1-4H3;1H/q+1;/p-1/t13-,15+,16+;/m0./s1. The second-order valence-corrected chi connectivity index (χ2v) is 6.51. The average molecular weight is 391 g/mol. The first kappa shape index (κ1) is 17.9. The third-order valence-corrected chi connectivity index (χ3v) is 3.48. The van der Waals surface area contributed by atoms with Crippen molar-refractivity contribution in [2.45, 2.75) is 38.3 Å². The van der Waals surface area contributed by atoms with Crippen molar-refractivity contribution in [1.29, 1.82) is 0 Å². The molecule has 0 radical (unpaired) electrons. The van der Waals surface area contributed by atoms with Crippen LogP contribution >= 0.6 is 0 Å². The molecule has 1 saturated heterocycles. The van der Waals surface area contributed by atoms with Crippen LogP contribution in [0.1, 0.15) is 18.9 Å². The highest BCUT2D eigenvalue weighted by atomic mass is 127. The SMILES string of the molecule is C[C@@H]1O[C@@H](C[N+](C)(C)C)C[C@H]1OCc1ccccc1.[I-]. The predicted octanol–water partition coefficient (Wildman–Crippen LogP) is -0.541. The molecule has 2 rings (SSSR count). The molecule has 0 N–H and O–H groups in total. The van der Waals surface area contributed by atoms with Crippen LogP contribution in [-0.4, -0.2) is 50.5 Å². The topological polar surface area (TPSA) is 18.5 Å². The number of benzene rings is 1. The fourth-order valence-electron chi connectivity index (χ4n) is 2.61. The molecule has 1 aliphatic rings. The van der Waals surface area contributed by atoms with Crippen molar-refractivity contribution < 1.29 is 37.9 Å². The summed E-state index contributed by atoms with van der Waals surface area (Å²) in [7, 11) is 6.60. The Labute approximate surface area is 139 Å². The summed E-state index contributed by atoms with van der Waals surface area (Å²) in [5.41, 5.74) is 1.23. The molecule has 0 unspecified atom stereocenters. The Bertz CT molecular complexity index is 391. The predicted molar refractivity (Wildman–Crippen MR) is 76.9 cm³/mol. The molecule has 1 fully saturated rings. The second-order valence-electron chi connectivity index (χ2n) is 6.51. The van der Waals surface area contributed by atoms with Crippen LogP contribution in [-0.2, 0) is 16.1 Å². The number of hydrogen-bond donors (Lipinski definition) is 0. The van der Waals surface area contributed by atoms with Crippen molar-refractivity contribution in [3.63, 3.8) is 0 Å². The van der Waals surface area contributed by atoms with Gasteiger partial charge in [0.05, 0.1) is 40.0 Å². The van der Waals surface area contributed by atoms with Crippen LogP contribution in [0.3, 0.4) is 0 Å². The fraction of sp³-hybridized carbons (Fsp3) is 0.625. The van der Waals surface area contributed by atoms with Gasteiger partial charge in [0, 0.05) is 6.42 Å². The molecule has 20 heavy (non-hydrogen) atoms. The Morgan fingerprint density at radius 3 is 2.45 bits per heavy atom. The van der Waals surface area contributed by atoms with Gasteiger partial charge >= 0.3 is 0 Å². The Morgan fingerprint density at radius 2 is 1.85 bits per heavy atom. The summed E-state index contributed by atoms with van der Waals surface area (Å²) in [6, 6.07) is 10.3. The molecule has 4 heteroatoms. The van der Waals surface area contributed by atoms with Gasteiger partial charge in [-0.25, -0.2) is 0 Å². The molecule has 1 aromatic rings. The highest BCUT2D eigenvalue weighted by Gasteiger charge is 2.35. The van der Waals surface area contributed by atoms with Gasteiger partial charge in [-0.15, -0.1) is 0 Å². The molecule has 1 aromatic carbocycles. The summed E-state index contributed by atoms with van der Waals surface area (Å²) in [4.78, 5) is 0. The largest absolute Gasteiger partial charge is 1.00 e. The molecule has 0 spiro atoms. The maximum atomic E-state index is 6.01. The fourth-order valence-corrected chi connectivity index (χ4v) is 2.61. The number of ether oxygens (including phenoxy) is 2. The van der Waals surface area contributed by atoms with Gasteiger partial charge in [-0.05, 0) is 12.5 Å². The molecule has 0 saturated carbocycles. The van der Waals surface area contributed by atoms with Crippen molar-refractivity contribution in [2.24, 2.45) is 0 Å². The molecule has 1 aliphatic heterocycles. The van der Waals surface area contributed by atoms with Gasteiger partial charge in [-0.3, -0.25) is 0 Å². The van der Waals surface area contributed by atoms with Gasteiger partial charge in [0.1, 0.15) is 12.6 Å². The lowest BCUT2D eigenvalue weighted by Crippen LogP contribution is -3.00. The zero-order valence-electron chi connectivity index (χ0n) is 12.9. The Balaban J connectivity index is 0.00000200. The minimum atomic E-state index is 0. The lowest BCUT2D eigenvalue weighted by atomic mass is 10.1. The zero-order chi connectivity index (χ0) is 13.9. The highest BCUT2D eigenvalue weighted by Crippen LogP contribution is 2.25. The number of halogens is 1. The Hall–Kier alpha value is -0.170. The van der Waals surface area contributed by atoms with Gasteiger partial charge in [-0.2, -0.15) is 0 Å². The van der Waals surface area contributed by atoms with Gasteiger partial charge in [-0.1, -0.05) is 30.3 Å². The van der Waals surface area contributed by atoms with E-state index in [0.29, 0.717) is 12.7 Å². The van der Waals surface area contributed by atoms with Gasteiger partial charge in [0.25, 0.3) is 0 Å². The molecule has 0 amide bonds. The molecule has 0 aromatic heterocycles. The third kappa shape index (κ3) is 5.68. The van der Waals surface area contributed by atoms with Gasteiger partial charge < -0.3 is 37.9 Å². The van der Waals surface area contributed by atoms with E-state index in [-0.39, 0.29) is 36.2 Å². The maximum absolute atomic E-state index is 6.01. The minimum absolute atomic E-state index is 0. The molecule has 0 aliphatic carbocycles. The van der Waals surface area contributed by atoms with Crippen LogP contribution in [0.25, 0.3) is 0 Å². The first-order valence-electron chi connectivity index (χ1n) is 7.05. The maximum Gasteiger partial charge on any atom is 0.109 e. The first-order chi connectivity index (χ1) is 8.94. The Kier molecular flexibility index (Phi) is 6.91. The summed E-state index contributed by atoms with van der Waals surface area (Å²) in [5.74, 6) is 0. The summed E-state index contributed by atoms with van der Waals surface area (Å²) < 4.78 is 12.9. The highest BCUT2D eigenvalue weighted by molar-refractivity contribution is 5.13. The zero-order valence-corrected chi connectivity index (χ0v) is 15.0. The monoisotopic (exact) mass is 391 g/mol. The van der Waals surface area contributed by atoms with Gasteiger partial charge in [0.15, 0.2) is 0 Å². The molecular weight excluding hydrogens is 365 g/mol. The number of quaternary nitrogens is 1. The Morgan fingerprint density at radius 1 is 1.20 bits per heavy atom. The summed E-state index contributed by atoms with van der Waals surface area (Å²) >= 11 is 0. The van der Waals surface area contributed by atoms with Crippen LogP contribution in [0.5, 0.6) is 0 Å². The van der Waals surface area contributed by atoms with Crippen molar-refractivity contribution in [3.05, 3.63) is 35.9 Å². The molecule has 3 nitrogen and oxygen atoms in total. The quantitative estimate of drug-likeness (QED) is 0.496. The van der Waals surface area contributed by atoms with Gasteiger partial charge in [0.2, 0.25) is 0 Å². The van der Waals surface area contributed by atoms with Crippen LogP contribution in [0.4, 0.5) is 0 Å². The van der Waals surface area contributed by atoms with Crippen LogP contribution in [0.15, 0.2) is 30.3 Å². The first-order valence-corrected chi connectivity index (χ1v) is 7.05. The van der Waals surface area contributed by atoms with E-state index >= 15 is 0 Å². The van der Waals surface area contributed by atoms with Crippen molar-refractivity contribution in [3.8, 4) is 0 Å². The van der Waals surface area contributed by atoms with Crippen LogP contribution in [0.2, 0.25) is 0 Å². The van der Waals surface area contributed by atoms with E-state index < -0.39 is 0 Å². The lowest BCUT2D eigenvalue weighted by Gasteiger charge is -2.26. The van der Waals surface area contributed by atoms with E-state index in [4.69, 9.17) is 9.47 Å². The molecule has 0 bridgehead atoms. The van der Waals surface area contributed by atoms with E-state index in [1.54, 1.807) is 0 Å². The second kappa shape index (κ2) is 7.73. The summed E-state index contributed by atoms with van der Waals surface area (Å²) in [6.45, 7) is 3.83. The number of rotatable bonds is 5. The van der Waals surface area contributed by atoms with E-state index in [1.807, 2.05) is 18.2 Å². The minimum Gasteiger partial charge on any atom is -1.00 e. The van der Waals surface area contributed by atoms with Crippen molar-refractivity contribution in [1.82, 2.24) is 0 Å². The van der Waals surface area contributed by atoms with Crippen molar-refractivity contribution in [2.75, 3.05) is 27.7 Å². The number of likely N-dealkylation sites (N-methyl/N-ethyl adjacent to an activating group) is 1. The lowest BCUT2D eigenvalue weighted by molar-refractivity contribution is -0.873. The molecule has 3 atom stereocenters. The normalized spacial score (nSPS) is 26.3. The summed E-state index contributed by atoms with van der Waals surface area (Å²) in [6.07, 6.45) is 1.73.